The second-order valence-electron chi connectivity index (χ2n) is 4.18. The summed E-state index contributed by atoms with van der Waals surface area (Å²) in [6.45, 7) is 12.6. The van der Waals surface area contributed by atoms with Crippen LogP contribution in [0.4, 0.5) is 0 Å². The molecule has 0 saturated heterocycles. The van der Waals surface area contributed by atoms with Gasteiger partial charge < -0.3 is 5.32 Å². The molecule has 0 saturated carbocycles. The smallest absolute Gasteiger partial charge is 0.147 e. The van der Waals surface area contributed by atoms with Crippen molar-refractivity contribution in [3.05, 3.63) is 11.6 Å². The van der Waals surface area contributed by atoms with E-state index in [4.69, 9.17) is 0 Å². The van der Waals surface area contributed by atoms with Gasteiger partial charge in [0.2, 0.25) is 0 Å². The van der Waals surface area contributed by atoms with Gasteiger partial charge in [0.25, 0.3) is 0 Å². The molecule has 0 amide bonds. The quantitative estimate of drug-likeness (QED) is 0.804. The first-order chi connectivity index (χ1) is 7.06. The molecule has 0 bridgehead atoms. The van der Waals surface area contributed by atoms with Gasteiger partial charge in [-0.3, -0.25) is 0 Å². The summed E-state index contributed by atoms with van der Waals surface area (Å²) in [5.41, 5.74) is 0. The Morgan fingerprint density at radius 2 is 2.00 bits per heavy atom. The van der Waals surface area contributed by atoms with Crippen molar-refractivity contribution in [1.82, 2.24) is 20.1 Å². The maximum absolute atomic E-state index is 4.42. The van der Waals surface area contributed by atoms with Crippen LogP contribution in [-0.2, 0) is 0 Å². The van der Waals surface area contributed by atoms with E-state index in [2.05, 4.69) is 36.2 Å². The third kappa shape index (κ3) is 3.02. The van der Waals surface area contributed by atoms with E-state index in [-0.39, 0.29) is 0 Å². The lowest BCUT2D eigenvalue weighted by Crippen LogP contribution is -2.27. The van der Waals surface area contributed by atoms with E-state index in [0.717, 1.165) is 24.7 Å². The van der Waals surface area contributed by atoms with E-state index in [1.807, 2.05) is 18.5 Å². The molecular weight excluding hydrogens is 188 g/mol. The van der Waals surface area contributed by atoms with Gasteiger partial charge in [0.15, 0.2) is 0 Å². The Kier molecular flexibility index (Phi) is 4.27. The van der Waals surface area contributed by atoms with Crippen molar-refractivity contribution >= 4 is 0 Å². The highest BCUT2D eigenvalue weighted by Gasteiger charge is 2.16. The molecule has 1 heterocycles. The molecule has 4 heteroatoms. The zero-order valence-corrected chi connectivity index (χ0v) is 10.4. The summed E-state index contributed by atoms with van der Waals surface area (Å²) < 4.78 is 2.03. The van der Waals surface area contributed by atoms with Crippen LogP contribution in [0.1, 0.15) is 38.5 Å². The van der Waals surface area contributed by atoms with Gasteiger partial charge in [-0.25, -0.2) is 9.67 Å². The van der Waals surface area contributed by atoms with Crippen LogP contribution in [0.2, 0.25) is 0 Å². The first-order valence-corrected chi connectivity index (χ1v) is 5.66. The molecule has 0 aromatic carbocycles. The van der Waals surface area contributed by atoms with Crippen LogP contribution in [0, 0.1) is 19.8 Å². The maximum atomic E-state index is 4.42. The van der Waals surface area contributed by atoms with Crippen LogP contribution >= 0.6 is 0 Å². The Bertz CT molecular complexity index is 306. The number of nitrogens with zero attached hydrogens (tertiary/aromatic N) is 3. The number of rotatable bonds is 5. The minimum Gasteiger partial charge on any atom is -0.317 e. The van der Waals surface area contributed by atoms with Crippen LogP contribution < -0.4 is 5.32 Å². The van der Waals surface area contributed by atoms with Gasteiger partial charge in [-0.1, -0.05) is 13.8 Å². The van der Waals surface area contributed by atoms with Crippen molar-refractivity contribution in [2.75, 3.05) is 13.1 Å². The molecule has 0 radical (unpaired) electrons. The SMILES string of the molecule is CCNCC(C)C(C)n1nc(C)nc1C. The highest BCUT2D eigenvalue weighted by atomic mass is 15.4. The molecule has 1 aromatic heterocycles. The third-order valence-corrected chi connectivity index (χ3v) is 2.83. The van der Waals surface area contributed by atoms with Crippen LogP contribution in [0.3, 0.4) is 0 Å². The van der Waals surface area contributed by atoms with E-state index < -0.39 is 0 Å². The first-order valence-electron chi connectivity index (χ1n) is 5.66. The molecule has 2 atom stereocenters. The molecule has 1 aromatic rings. The second kappa shape index (κ2) is 5.26. The summed E-state index contributed by atoms with van der Waals surface area (Å²) in [5, 5.41) is 7.78. The average molecular weight is 210 g/mol. The molecule has 15 heavy (non-hydrogen) atoms. The second-order valence-corrected chi connectivity index (χ2v) is 4.18. The molecule has 0 aliphatic carbocycles. The van der Waals surface area contributed by atoms with E-state index in [0.29, 0.717) is 12.0 Å². The summed E-state index contributed by atoms with van der Waals surface area (Å²) in [7, 11) is 0. The highest BCUT2D eigenvalue weighted by molar-refractivity contribution is 4.90. The molecular formula is C11H22N4. The zero-order chi connectivity index (χ0) is 11.4. The molecule has 0 aliphatic rings. The Labute approximate surface area is 92.1 Å². The standard InChI is InChI=1S/C11H22N4/c1-6-12-7-8(2)9(3)15-11(5)13-10(4)14-15/h8-9,12H,6-7H2,1-5H3. The molecule has 0 spiro atoms. The van der Waals surface area contributed by atoms with E-state index in [1.54, 1.807) is 0 Å². The molecule has 4 nitrogen and oxygen atoms in total. The van der Waals surface area contributed by atoms with Crippen molar-refractivity contribution in [3.8, 4) is 0 Å². The molecule has 1 rings (SSSR count). The Hall–Kier alpha value is -0.900. The van der Waals surface area contributed by atoms with Crippen molar-refractivity contribution in [2.45, 2.75) is 40.7 Å². The van der Waals surface area contributed by atoms with Gasteiger partial charge in [-0.05, 0) is 39.8 Å². The average Bonchev–Trinajstić information content (AvgIpc) is 2.53. The van der Waals surface area contributed by atoms with E-state index in [1.165, 1.54) is 0 Å². The van der Waals surface area contributed by atoms with E-state index in [9.17, 15) is 0 Å². The zero-order valence-electron chi connectivity index (χ0n) is 10.4. The van der Waals surface area contributed by atoms with Crippen LogP contribution in [-0.4, -0.2) is 27.9 Å². The molecule has 0 aliphatic heterocycles. The van der Waals surface area contributed by atoms with Gasteiger partial charge in [-0.2, -0.15) is 5.10 Å². The lowest BCUT2D eigenvalue weighted by Gasteiger charge is -2.21. The largest absolute Gasteiger partial charge is 0.317 e. The fourth-order valence-electron chi connectivity index (χ4n) is 1.71. The van der Waals surface area contributed by atoms with Gasteiger partial charge in [0.05, 0.1) is 6.04 Å². The monoisotopic (exact) mass is 210 g/mol. The minimum absolute atomic E-state index is 0.394. The predicted octanol–water partition coefficient (Wildman–Crippen LogP) is 1.70. The Balaban J connectivity index is 2.66. The van der Waals surface area contributed by atoms with E-state index >= 15 is 0 Å². The maximum Gasteiger partial charge on any atom is 0.147 e. The fourth-order valence-corrected chi connectivity index (χ4v) is 1.71. The van der Waals surface area contributed by atoms with Crippen LogP contribution in [0.5, 0.6) is 0 Å². The van der Waals surface area contributed by atoms with Crippen LogP contribution in [0.25, 0.3) is 0 Å². The van der Waals surface area contributed by atoms with Gasteiger partial charge in [0, 0.05) is 0 Å². The minimum atomic E-state index is 0.394. The highest BCUT2D eigenvalue weighted by Crippen LogP contribution is 2.17. The lowest BCUT2D eigenvalue weighted by atomic mass is 10.0. The first kappa shape index (κ1) is 12.2. The summed E-state index contributed by atoms with van der Waals surface area (Å²) in [4.78, 5) is 4.33. The number of nitrogens with one attached hydrogen (secondary N) is 1. The fraction of sp³-hybridized carbons (Fsp3) is 0.818. The van der Waals surface area contributed by atoms with Crippen molar-refractivity contribution in [3.63, 3.8) is 0 Å². The molecule has 0 fully saturated rings. The summed E-state index contributed by atoms with van der Waals surface area (Å²) in [6, 6.07) is 0.394. The summed E-state index contributed by atoms with van der Waals surface area (Å²) >= 11 is 0. The van der Waals surface area contributed by atoms with Gasteiger partial charge in [0.1, 0.15) is 11.6 Å². The van der Waals surface area contributed by atoms with Gasteiger partial charge >= 0.3 is 0 Å². The summed E-state index contributed by atoms with van der Waals surface area (Å²) in [5.74, 6) is 2.42. The number of hydrogen-bond donors (Lipinski definition) is 1. The normalized spacial score (nSPS) is 15.3. The van der Waals surface area contributed by atoms with Crippen LogP contribution in [0.15, 0.2) is 0 Å². The summed E-state index contributed by atoms with van der Waals surface area (Å²) in [6.07, 6.45) is 0. The van der Waals surface area contributed by atoms with Crippen molar-refractivity contribution < 1.29 is 0 Å². The number of aryl methyl sites for hydroxylation is 2. The Morgan fingerprint density at radius 1 is 1.33 bits per heavy atom. The molecule has 1 N–H and O–H groups in total. The van der Waals surface area contributed by atoms with Crippen molar-refractivity contribution in [1.29, 1.82) is 0 Å². The predicted molar refractivity (Wildman–Crippen MR) is 61.9 cm³/mol. The van der Waals surface area contributed by atoms with Crippen molar-refractivity contribution in [2.24, 2.45) is 5.92 Å². The molecule has 2 unspecified atom stereocenters. The number of hydrogen-bond acceptors (Lipinski definition) is 3. The van der Waals surface area contributed by atoms with Gasteiger partial charge in [-0.15, -0.1) is 0 Å². The lowest BCUT2D eigenvalue weighted by molar-refractivity contribution is 0.333. The molecule has 86 valence electrons. The topological polar surface area (TPSA) is 42.7 Å². The third-order valence-electron chi connectivity index (χ3n) is 2.83. The number of aromatic nitrogens is 3. The Morgan fingerprint density at radius 3 is 2.47 bits per heavy atom.